The molecule has 108 valence electrons. The van der Waals surface area contributed by atoms with Crippen LogP contribution in [0.1, 0.15) is 17.7 Å². The van der Waals surface area contributed by atoms with Crippen LogP contribution < -0.4 is 5.32 Å². The van der Waals surface area contributed by atoms with Gasteiger partial charge in [-0.3, -0.25) is 4.57 Å². The fraction of sp³-hybridized carbons (Fsp3) is 0.400. The quantitative estimate of drug-likeness (QED) is 0.817. The van der Waals surface area contributed by atoms with Crippen LogP contribution in [0.15, 0.2) is 28.9 Å². The van der Waals surface area contributed by atoms with Crippen LogP contribution in [0.4, 0.5) is 5.95 Å². The first-order valence-electron chi connectivity index (χ1n) is 6.67. The molecule has 0 aliphatic carbocycles. The van der Waals surface area contributed by atoms with Crippen LogP contribution in [-0.4, -0.2) is 29.8 Å². The number of imidazole rings is 1. The molecule has 0 unspecified atom stereocenters. The minimum atomic E-state index is 0.753. The summed E-state index contributed by atoms with van der Waals surface area (Å²) >= 11 is 3.58. The van der Waals surface area contributed by atoms with E-state index in [2.05, 4.69) is 43.8 Å². The number of ether oxygens (including phenoxy) is 1. The van der Waals surface area contributed by atoms with Crippen LogP contribution in [0.5, 0.6) is 0 Å². The van der Waals surface area contributed by atoms with Crippen LogP contribution in [0.2, 0.25) is 0 Å². The summed E-state index contributed by atoms with van der Waals surface area (Å²) in [6, 6.07) is 6.19. The van der Waals surface area contributed by atoms with Gasteiger partial charge in [-0.05, 0) is 38.0 Å². The number of benzene rings is 1. The van der Waals surface area contributed by atoms with Gasteiger partial charge in [0.15, 0.2) is 0 Å². The molecule has 1 heterocycles. The maximum Gasteiger partial charge on any atom is 0.207 e. The van der Waals surface area contributed by atoms with E-state index in [1.807, 2.05) is 25.3 Å². The third-order valence-electron chi connectivity index (χ3n) is 3.13. The van der Waals surface area contributed by atoms with E-state index in [4.69, 9.17) is 4.74 Å². The van der Waals surface area contributed by atoms with Crippen molar-refractivity contribution in [3.8, 4) is 5.69 Å². The predicted octanol–water partition coefficient (Wildman–Crippen LogP) is 3.70. The van der Waals surface area contributed by atoms with Gasteiger partial charge < -0.3 is 10.1 Å². The van der Waals surface area contributed by atoms with Crippen molar-refractivity contribution in [3.63, 3.8) is 0 Å². The summed E-state index contributed by atoms with van der Waals surface area (Å²) in [5.74, 6) is 0.875. The van der Waals surface area contributed by atoms with E-state index in [1.54, 1.807) is 7.11 Å². The molecule has 1 aromatic heterocycles. The highest BCUT2D eigenvalue weighted by atomic mass is 79.9. The topological polar surface area (TPSA) is 39.1 Å². The second-order valence-corrected chi connectivity index (χ2v) is 5.59. The average Bonchev–Trinajstić information content (AvgIpc) is 2.79. The van der Waals surface area contributed by atoms with Gasteiger partial charge in [0.05, 0.1) is 11.4 Å². The summed E-state index contributed by atoms with van der Waals surface area (Å²) < 4.78 is 8.26. The largest absolute Gasteiger partial charge is 0.385 e. The van der Waals surface area contributed by atoms with E-state index in [1.165, 1.54) is 5.56 Å². The number of methoxy groups -OCH3 is 1. The van der Waals surface area contributed by atoms with Gasteiger partial charge in [-0.15, -0.1) is 0 Å². The third kappa shape index (κ3) is 3.41. The van der Waals surface area contributed by atoms with E-state index in [0.29, 0.717) is 0 Å². The van der Waals surface area contributed by atoms with Crippen molar-refractivity contribution in [2.24, 2.45) is 0 Å². The molecule has 0 aliphatic rings. The molecule has 0 amide bonds. The molecule has 0 spiro atoms. The maximum absolute atomic E-state index is 5.06. The molecular formula is C15H20BrN3O. The van der Waals surface area contributed by atoms with Crippen molar-refractivity contribution in [2.75, 3.05) is 25.6 Å². The smallest absolute Gasteiger partial charge is 0.207 e. The first-order valence-corrected chi connectivity index (χ1v) is 7.47. The van der Waals surface area contributed by atoms with E-state index < -0.39 is 0 Å². The Balaban J connectivity index is 2.25. The summed E-state index contributed by atoms with van der Waals surface area (Å²) in [5.41, 5.74) is 3.33. The number of nitrogens with one attached hydrogen (secondary N) is 1. The summed E-state index contributed by atoms with van der Waals surface area (Å²) in [6.07, 6.45) is 3.01. The second-order valence-electron chi connectivity index (χ2n) is 4.73. The van der Waals surface area contributed by atoms with Gasteiger partial charge in [0.1, 0.15) is 0 Å². The highest BCUT2D eigenvalue weighted by Gasteiger charge is 2.10. The first-order chi connectivity index (χ1) is 9.63. The zero-order chi connectivity index (χ0) is 14.5. The van der Waals surface area contributed by atoms with Gasteiger partial charge in [-0.1, -0.05) is 22.0 Å². The van der Waals surface area contributed by atoms with Gasteiger partial charge in [0, 0.05) is 30.9 Å². The van der Waals surface area contributed by atoms with E-state index in [9.17, 15) is 0 Å². The first kappa shape index (κ1) is 15.1. The lowest BCUT2D eigenvalue weighted by Crippen LogP contribution is -2.10. The molecule has 0 saturated carbocycles. The Morgan fingerprint density at radius 1 is 1.35 bits per heavy atom. The maximum atomic E-state index is 5.06. The van der Waals surface area contributed by atoms with E-state index >= 15 is 0 Å². The molecule has 20 heavy (non-hydrogen) atoms. The number of rotatable bonds is 6. The summed E-state index contributed by atoms with van der Waals surface area (Å²) in [4.78, 5) is 4.55. The fourth-order valence-electron chi connectivity index (χ4n) is 2.08. The number of hydrogen-bond acceptors (Lipinski definition) is 3. The molecule has 1 N–H and O–H groups in total. The number of aromatic nitrogens is 2. The monoisotopic (exact) mass is 337 g/mol. The van der Waals surface area contributed by atoms with Gasteiger partial charge in [0.25, 0.3) is 0 Å². The lowest BCUT2D eigenvalue weighted by atomic mass is 10.2. The minimum absolute atomic E-state index is 0.753. The molecule has 0 saturated heterocycles. The molecular weight excluding hydrogens is 318 g/mol. The molecule has 2 aromatic rings. The Morgan fingerprint density at radius 2 is 2.15 bits per heavy atom. The molecule has 0 radical (unpaired) electrons. The van der Waals surface area contributed by atoms with Crippen molar-refractivity contribution in [1.29, 1.82) is 0 Å². The third-order valence-corrected chi connectivity index (χ3v) is 3.99. The van der Waals surface area contributed by atoms with Crippen molar-refractivity contribution in [1.82, 2.24) is 9.55 Å². The number of aryl methyl sites for hydroxylation is 1. The zero-order valence-corrected chi connectivity index (χ0v) is 13.7. The summed E-state index contributed by atoms with van der Waals surface area (Å²) in [5, 5.41) is 3.37. The average molecular weight is 338 g/mol. The number of nitrogens with zero attached hydrogens (tertiary/aromatic N) is 2. The van der Waals surface area contributed by atoms with E-state index in [-0.39, 0.29) is 0 Å². The van der Waals surface area contributed by atoms with Gasteiger partial charge >= 0.3 is 0 Å². The van der Waals surface area contributed by atoms with Gasteiger partial charge in [-0.2, -0.15) is 0 Å². The Kier molecular flexibility index (Phi) is 5.20. The van der Waals surface area contributed by atoms with Gasteiger partial charge in [0.2, 0.25) is 5.95 Å². The molecule has 0 bridgehead atoms. The van der Waals surface area contributed by atoms with Crippen LogP contribution >= 0.6 is 15.9 Å². The summed E-state index contributed by atoms with van der Waals surface area (Å²) in [6.45, 7) is 5.70. The molecule has 0 aliphatic heterocycles. The van der Waals surface area contributed by atoms with Crippen molar-refractivity contribution in [3.05, 3.63) is 40.1 Å². The number of hydrogen-bond donors (Lipinski definition) is 1. The Morgan fingerprint density at radius 3 is 2.90 bits per heavy atom. The normalized spacial score (nSPS) is 10.8. The van der Waals surface area contributed by atoms with Gasteiger partial charge in [-0.25, -0.2) is 4.98 Å². The van der Waals surface area contributed by atoms with Crippen molar-refractivity contribution < 1.29 is 4.74 Å². The number of anilines is 1. The molecule has 0 fully saturated rings. The lowest BCUT2D eigenvalue weighted by molar-refractivity contribution is 0.197. The summed E-state index contributed by atoms with van der Waals surface area (Å²) in [7, 11) is 1.72. The molecule has 2 rings (SSSR count). The molecule has 4 nitrogen and oxygen atoms in total. The lowest BCUT2D eigenvalue weighted by Gasteiger charge is -2.13. The molecule has 1 aromatic carbocycles. The predicted molar refractivity (Wildman–Crippen MR) is 85.7 cm³/mol. The molecule has 0 atom stereocenters. The fourth-order valence-corrected chi connectivity index (χ4v) is 2.44. The SMILES string of the molecule is COCCCNc1nc(C)cn1-c1cccc(Br)c1C. The molecule has 5 heteroatoms. The highest BCUT2D eigenvalue weighted by molar-refractivity contribution is 9.10. The van der Waals surface area contributed by atoms with Crippen molar-refractivity contribution in [2.45, 2.75) is 20.3 Å². The van der Waals surface area contributed by atoms with E-state index in [0.717, 1.165) is 41.4 Å². The zero-order valence-electron chi connectivity index (χ0n) is 12.1. The highest BCUT2D eigenvalue weighted by Crippen LogP contribution is 2.25. The minimum Gasteiger partial charge on any atom is -0.385 e. The Hall–Kier alpha value is -1.33. The van der Waals surface area contributed by atoms with Crippen molar-refractivity contribution >= 4 is 21.9 Å². The Bertz CT molecular complexity index is 580. The number of halogens is 1. The second kappa shape index (κ2) is 6.90. The standard InChI is InChI=1S/C15H20BrN3O/c1-11-10-19(14-7-4-6-13(16)12(14)2)15(18-11)17-8-5-9-20-3/h4,6-7,10H,5,8-9H2,1-3H3,(H,17,18). The van der Waals surface area contributed by atoms with Crippen LogP contribution in [-0.2, 0) is 4.74 Å². The Labute approximate surface area is 128 Å². The van der Waals surface area contributed by atoms with Crippen LogP contribution in [0, 0.1) is 13.8 Å². The van der Waals surface area contributed by atoms with Crippen LogP contribution in [0.25, 0.3) is 5.69 Å². The van der Waals surface area contributed by atoms with Crippen LogP contribution in [0.3, 0.4) is 0 Å².